The third-order valence-electron chi connectivity index (χ3n) is 7.74. The van der Waals surface area contributed by atoms with Crippen molar-refractivity contribution in [3.8, 4) is 5.75 Å². The van der Waals surface area contributed by atoms with Crippen LogP contribution in [0.4, 0.5) is 4.79 Å². The molecule has 3 atom stereocenters. The number of benzene rings is 1. The second-order valence-electron chi connectivity index (χ2n) is 10.7. The lowest BCUT2D eigenvalue weighted by Crippen LogP contribution is -2.85. The molecule has 0 bridgehead atoms. The zero-order valence-electron chi connectivity index (χ0n) is 26.2. The average Bonchev–Trinajstić information content (AvgIpc) is 3.50. The summed E-state index contributed by atoms with van der Waals surface area (Å²) in [6, 6.07) is 2.58. The van der Waals surface area contributed by atoms with E-state index in [0.29, 0.717) is 10.5 Å². The Morgan fingerprint density at radius 1 is 1.18 bits per heavy atom. The van der Waals surface area contributed by atoms with E-state index >= 15 is 0 Å². The third kappa shape index (κ3) is 6.63. The Morgan fingerprint density at radius 3 is 2.50 bits per heavy atom. The van der Waals surface area contributed by atoms with Gasteiger partial charge < -0.3 is 36.5 Å². The lowest BCUT2D eigenvalue weighted by atomic mass is 9.94. The molecule has 23 heteroatoms. The number of carbonyl (C=O) groups is 8. The van der Waals surface area contributed by atoms with Gasteiger partial charge in [-0.05, 0) is 40.6 Å². The fraction of sp³-hybridized carbons (Fsp3) is 0.370. The molecule has 7 amide bonds. The summed E-state index contributed by atoms with van der Waals surface area (Å²) in [7, 11) is 0. The summed E-state index contributed by atoms with van der Waals surface area (Å²) < 4.78 is 5.03. The summed E-state index contributed by atoms with van der Waals surface area (Å²) >= 11 is 2.07. The Hall–Kier alpha value is -5.71. The number of nitrogens with two attached hydrogens (primary N) is 1. The quantitative estimate of drug-likeness (QED) is 0.0218. The number of rotatable bonds is 12. The molecule has 1 unspecified atom stereocenters. The number of esters is 1. The van der Waals surface area contributed by atoms with Crippen LogP contribution in [0.15, 0.2) is 40.7 Å². The number of thioether (sulfide) groups is 2. The number of ether oxygens (including phenoxy) is 1. The van der Waals surface area contributed by atoms with Gasteiger partial charge in [0.05, 0.1) is 0 Å². The van der Waals surface area contributed by atoms with E-state index in [1.54, 1.807) is 6.92 Å². The first-order chi connectivity index (χ1) is 23.8. The molecule has 1 aromatic carbocycles. The molecule has 2 saturated heterocycles. The van der Waals surface area contributed by atoms with Crippen molar-refractivity contribution in [2.24, 2.45) is 0 Å². The molecule has 21 nitrogen and oxygen atoms in total. The normalized spacial score (nSPS) is 20.8. The maximum Gasteiger partial charge on any atom is 0.352 e. The minimum atomic E-state index is -2.16. The predicted molar refractivity (Wildman–Crippen MR) is 170 cm³/mol. The Balaban J connectivity index is 1.42. The molecule has 2 fully saturated rings. The van der Waals surface area contributed by atoms with Crippen molar-refractivity contribution in [3.63, 3.8) is 0 Å². The van der Waals surface area contributed by atoms with Gasteiger partial charge in [0.1, 0.15) is 22.9 Å². The molecule has 1 aromatic heterocycles. The summed E-state index contributed by atoms with van der Waals surface area (Å²) in [6.07, 6.45) is 0.158. The monoisotopic (exact) mass is 731 g/mol. The third-order valence-corrected chi connectivity index (χ3v) is 10.2. The number of carboxylic acid groups (broad SMARTS) is 1. The molecular weight excluding hydrogens is 702 g/mol. The zero-order valence-corrected chi connectivity index (χ0v) is 27.9. The number of piperazine rings is 1. The summed E-state index contributed by atoms with van der Waals surface area (Å²) in [5, 5.41) is 27.0. The summed E-state index contributed by atoms with van der Waals surface area (Å²) in [5.74, 6) is -0.320. The number of likely N-dealkylation sites (N-methyl/N-ethyl adjacent to an activating group) is 1. The first kappa shape index (κ1) is 35.6. The van der Waals surface area contributed by atoms with Gasteiger partial charge in [-0.15, -0.1) is 16.6 Å². The second-order valence-corrected chi connectivity index (χ2v) is 12.7. The molecule has 4 heterocycles. The Bertz CT molecular complexity index is 1800. The number of carboxylic acids is 1. The van der Waals surface area contributed by atoms with E-state index in [4.69, 9.17) is 10.6 Å². The highest BCUT2D eigenvalue weighted by Crippen LogP contribution is 2.46. The van der Waals surface area contributed by atoms with Gasteiger partial charge >= 0.3 is 29.8 Å². The fourth-order valence-electron chi connectivity index (χ4n) is 5.37. The number of imide groups is 1. The largest absolute Gasteiger partial charge is 0.477 e. The van der Waals surface area contributed by atoms with E-state index in [0.717, 1.165) is 33.2 Å². The van der Waals surface area contributed by atoms with Crippen molar-refractivity contribution < 1.29 is 48.2 Å². The lowest BCUT2D eigenvalue weighted by molar-refractivity contribution is -0.163. The van der Waals surface area contributed by atoms with E-state index in [9.17, 15) is 43.5 Å². The molecule has 50 heavy (non-hydrogen) atoms. The molecule has 3 aliphatic rings. The first-order valence-electron chi connectivity index (χ1n) is 14.6. The number of carbonyl (C=O) groups excluding carboxylic acids is 7. The van der Waals surface area contributed by atoms with Crippen LogP contribution in [0.2, 0.25) is 0 Å². The highest BCUT2D eigenvalue weighted by Gasteiger charge is 2.66. The number of tetrazole rings is 1. The molecule has 264 valence electrons. The number of nitrogens with one attached hydrogen (secondary N) is 3. The SMILES string of the molecule is CCN1CCN(C(=O)NC(C(=O)N[C@]2(NC=O)C(=O)N3C(C(=O)O)=C(CSc4nnnn4N)CS[C@H]32)c2ccc(OC(C)=O)cc2)C(=O)C1=O. The van der Waals surface area contributed by atoms with E-state index in [1.165, 1.54) is 36.1 Å². The van der Waals surface area contributed by atoms with E-state index < -0.39 is 58.7 Å². The second kappa shape index (κ2) is 14.4. The van der Waals surface area contributed by atoms with Crippen LogP contribution < -0.4 is 26.5 Å². The first-order valence-corrected chi connectivity index (χ1v) is 16.7. The Morgan fingerprint density at radius 2 is 1.90 bits per heavy atom. The smallest absolute Gasteiger partial charge is 0.352 e. The van der Waals surface area contributed by atoms with Crippen LogP contribution in [0, 0.1) is 0 Å². The summed E-state index contributed by atoms with van der Waals surface area (Å²) in [4.78, 5) is 106. The predicted octanol–water partition coefficient (Wildman–Crippen LogP) is -2.64. The average molecular weight is 732 g/mol. The van der Waals surface area contributed by atoms with Crippen molar-refractivity contribution in [2.45, 2.75) is 36.1 Å². The minimum Gasteiger partial charge on any atom is -0.477 e. The van der Waals surface area contributed by atoms with E-state index in [1.807, 2.05) is 0 Å². The molecular formula is C27H29N11O10S2. The van der Waals surface area contributed by atoms with Crippen LogP contribution in [-0.2, 0) is 33.6 Å². The van der Waals surface area contributed by atoms with Crippen LogP contribution in [0.5, 0.6) is 5.75 Å². The van der Waals surface area contributed by atoms with Gasteiger partial charge in [-0.1, -0.05) is 29.0 Å². The highest BCUT2D eigenvalue weighted by molar-refractivity contribution is 8.01. The Kier molecular flexibility index (Phi) is 10.3. The molecule has 0 saturated carbocycles. The fourth-order valence-corrected chi connectivity index (χ4v) is 7.73. The Labute approximate surface area is 290 Å². The highest BCUT2D eigenvalue weighted by atomic mass is 32.2. The molecule has 3 aliphatic heterocycles. The van der Waals surface area contributed by atoms with Crippen LogP contribution in [0.3, 0.4) is 0 Å². The minimum absolute atomic E-state index is 0.0361. The molecule has 5 rings (SSSR count). The lowest BCUT2D eigenvalue weighted by Gasteiger charge is -2.56. The van der Waals surface area contributed by atoms with E-state index in [2.05, 4.69) is 31.5 Å². The van der Waals surface area contributed by atoms with Gasteiger partial charge in [0, 0.05) is 38.1 Å². The number of aromatic nitrogens is 4. The van der Waals surface area contributed by atoms with E-state index in [-0.39, 0.29) is 59.7 Å². The van der Waals surface area contributed by atoms with Gasteiger partial charge in [-0.25, -0.2) is 9.59 Å². The van der Waals surface area contributed by atoms with Crippen molar-refractivity contribution in [1.82, 2.24) is 51.0 Å². The maximum atomic E-state index is 14.0. The van der Waals surface area contributed by atoms with Gasteiger partial charge in [0.25, 0.3) is 5.91 Å². The number of β-lactam (4-membered cyclic amide) rings is 1. The molecule has 0 spiro atoms. The van der Waals surface area contributed by atoms with Crippen LogP contribution in [0.25, 0.3) is 0 Å². The molecule has 6 N–H and O–H groups in total. The number of nitrogens with zero attached hydrogens (tertiary/aromatic N) is 7. The van der Waals surface area contributed by atoms with Crippen molar-refractivity contribution in [3.05, 3.63) is 41.1 Å². The van der Waals surface area contributed by atoms with Gasteiger partial charge in [-0.3, -0.25) is 38.6 Å². The number of amides is 7. The van der Waals surface area contributed by atoms with Gasteiger partial charge in [0.15, 0.2) is 0 Å². The number of aliphatic carboxylic acids is 1. The number of fused-ring (bicyclic) bond motifs is 1. The zero-order chi connectivity index (χ0) is 36.3. The topological polar surface area (TPSA) is 281 Å². The van der Waals surface area contributed by atoms with Gasteiger partial charge in [0.2, 0.25) is 23.1 Å². The molecule has 2 aromatic rings. The van der Waals surface area contributed by atoms with Gasteiger partial charge in [-0.2, -0.15) is 0 Å². The summed E-state index contributed by atoms with van der Waals surface area (Å²) in [5.41, 5.74) is -2.14. The van der Waals surface area contributed by atoms with Crippen molar-refractivity contribution in [1.29, 1.82) is 0 Å². The number of nitrogen functional groups attached to an aromatic ring is 1. The van der Waals surface area contributed by atoms with Crippen LogP contribution in [-0.4, -0.2) is 130 Å². The van der Waals surface area contributed by atoms with Crippen LogP contribution in [0.1, 0.15) is 25.5 Å². The number of hydrogen-bond donors (Lipinski definition) is 5. The molecule has 0 radical (unpaired) electrons. The number of urea groups is 1. The number of hydrogen-bond acceptors (Lipinski definition) is 15. The standard InChI is InChI=1S/C27H29N11O10S2/c1-3-35-8-9-36(21(43)20(35)42)25(47)30-17(14-4-6-16(7-5-14)48-13(2)40)19(41)31-27(29-12-39)23(46)37-18(22(44)45)15(10-49-24(27)37)11-50-26-32-33-34-38(26)28/h4-7,12,17,24H,3,8-11,28H2,1-2H3,(H,29,39)(H,30,47)(H,31,41)(H,44,45)/t17?,24-,27+/m0/s1. The van der Waals surface area contributed by atoms with Crippen molar-refractivity contribution in [2.75, 3.05) is 37.0 Å². The molecule has 0 aliphatic carbocycles. The maximum absolute atomic E-state index is 14.0. The van der Waals surface area contributed by atoms with Crippen LogP contribution >= 0.6 is 23.5 Å². The summed E-state index contributed by atoms with van der Waals surface area (Å²) in [6.45, 7) is 2.97. The van der Waals surface area contributed by atoms with Crippen molar-refractivity contribution >= 4 is 71.5 Å².